The third kappa shape index (κ3) is 3.43. The van der Waals surface area contributed by atoms with E-state index in [1.165, 1.54) is 4.90 Å². The van der Waals surface area contributed by atoms with Crippen LogP contribution in [0.2, 0.25) is 5.15 Å². The van der Waals surface area contributed by atoms with Gasteiger partial charge in [-0.3, -0.25) is 14.5 Å². The summed E-state index contributed by atoms with van der Waals surface area (Å²) in [5.74, 6) is -1.29. The first-order valence-corrected chi connectivity index (χ1v) is 8.58. The average molecular weight is 379 g/mol. The van der Waals surface area contributed by atoms with Crippen LogP contribution in [0.4, 0.5) is 0 Å². The van der Waals surface area contributed by atoms with E-state index < -0.39 is 5.97 Å². The number of aromatic nitrogens is 1. The fraction of sp³-hybridized carbons (Fsp3) is 0.125. The van der Waals surface area contributed by atoms with Crippen molar-refractivity contribution in [3.8, 4) is 0 Å². The molecular weight excluding hydrogens is 368 g/mol. The molecule has 0 spiro atoms. The molecule has 1 amide bonds. The Hall–Kier alpha value is -1.96. The van der Waals surface area contributed by atoms with E-state index in [1.54, 1.807) is 6.08 Å². The summed E-state index contributed by atoms with van der Waals surface area (Å²) in [5, 5.41) is 9.96. The Bertz CT molecular complexity index is 898. The molecule has 0 atom stereocenters. The van der Waals surface area contributed by atoms with Crippen LogP contribution in [0.1, 0.15) is 12.0 Å². The van der Waals surface area contributed by atoms with E-state index in [9.17, 15) is 9.59 Å². The summed E-state index contributed by atoms with van der Waals surface area (Å²) in [6.07, 6.45) is 1.49. The van der Waals surface area contributed by atoms with Crippen LogP contribution in [0.25, 0.3) is 17.0 Å². The molecule has 3 rings (SSSR count). The number of nitrogens with zero attached hydrogens (tertiary/aromatic N) is 2. The van der Waals surface area contributed by atoms with Gasteiger partial charge in [0.15, 0.2) is 0 Å². The van der Waals surface area contributed by atoms with Crippen molar-refractivity contribution in [1.82, 2.24) is 9.88 Å². The number of carboxylic acid groups (broad SMARTS) is 1. The first kappa shape index (κ1) is 16.9. The van der Waals surface area contributed by atoms with Crippen LogP contribution in [0.15, 0.2) is 35.2 Å². The fourth-order valence-corrected chi connectivity index (χ4v) is 3.75. The minimum Gasteiger partial charge on any atom is -0.481 e. The second kappa shape index (κ2) is 6.88. The number of thiocarbonyl (C=S) groups is 1. The topological polar surface area (TPSA) is 70.5 Å². The predicted molar refractivity (Wildman–Crippen MR) is 98.9 cm³/mol. The standard InChI is InChI=1S/C16H11ClN2O3S2/c17-14-10(7-9-3-1-2-4-11(9)18-14)8-12-15(22)19(16(23)24-12)6-5-13(20)21/h1-4,7-8H,5-6H2,(H,20,21)/b12-8-. The van der Waals surface area contributed by atoms with Crippen molar-refractivity contribution in [2.75, 3.05) is 6.54 Å². The Labute approximate surface area is 152 Å². The van der Waals surface area contributed by atoms with Gasteiger partial charge >= 0.3 is 5.97 Å². The van der Waals surface area contributed by atoms with Crippen LogP contribution in [0.5, 0.6) is 0 Å². The number of hydrogen-bond acceptors (Lipinski definition) is 5. The number of hydrogen-bond donors (Lipinski definition) is 1. The van der Waals surface area contributed by atoms with Gasteiger partial charge < -0.3 is 5.11 Å². The van der Waals surface area contributed by atoms with Gasteiger partial charge in [-0.05, 0) is 18.2 Å². The van der Waals surface area contributed by atoms with Gasteiger partial charge in [0, 0.05) is 17.5 Å². The van der Waals surface area contributed by atoms with Crippen LogP contribution >= 0.6 is 35.6 Å². The highest BCUT2D eigenvalue weighted by Gasteiger charge is 2.32. The summed E-state index contributed by atoms with van der Waals surface area (Å²) in [6, 6.07) is 9.39. The van der Waals surface area contributed by atoms with E-state index in [1.807, 2.05) is 30.3 Å². The van der Waals surface area contributed by atoms with Gasteiger partial charge in [-0.25, -0.2) is 4.98 Å². The first-order chi connectivity index (χ1) is 11.5. The number of rotatable bonds is 4. The zero-order chi connectivity index (χ0) is 17.3. The summed E-state index contributed by atoms with van der Waals surface area (Å²) in [6.45, 7) is 0.0566. The molecule has 2 heterocycles. The number of amides is 1. The largest absolute Gasteiger partial charge is 0.481 e. The lowest BCUT2D eigenvalue weighted by Crippen LogP contribution is -2.30. The highest BCUT2D eigenvalue weighted by atomic mass is 35.5. The summed E-state index contributed by atoms with van der Waals surface area (Å²) in [7, 11) is 0. The Morgan fingerprint density at radius 2 is 2.17 bits per heavy atom. The smallest absolute Gasteiger partial charge is 0.305 e. The summed E-state index contributed by atoms with van der Waals surface area (Å²) < 4.78 is 0.345. The van der Waals surface area contributed by atoms with E-state index in [0.717, 1.165) is 22.7 Å². The molecule has 5 nitrogen and oxygen atoms in total. The Balaban J connectivity index is 1.91. The first-order valence-electron chi connectivity index (χ1n) is 6.98. The van der Waals surface area contributed by atoms with Gasteiger partial charge in [-0.1, -0.05) is 53.8 Å². The molecule has 1 aliphatic heterocycles. The molecule has 1 saturated heterocycles. The number of aliphatic carboxylic acids is 1. The zero-order valence-corrected chi connectivity index (χ0v) is 14.6. The third-order valence-corrected chi connectivity index (χ3v) is 5.09. The van der Waals surface area contributed by atoms with Crippen LogP contribution in [-0.2, 0) is 9.59 Å². The van der Waals surface area contributed by atoms with Crippen LogP contribution < -0.4 is 0 Å². The predicted octanol–water partition coefficient (Wildman–Crippen LogP) is 3.56. The van der Waals surface area contributed by atoms with Crippen molar-refractivity contribution in [2.24, 2.45) is 0 Å². The summed E-state index contributed by atoms with van der Waals surface area (Å²) in [4.78, 5) is 29.1. The number of halogens is 1. The van der Waals surface area contributed by atoms with E-state index in [4.69, 9.17) is 28.9 Å². The minimum absolute atomic E-state index is 0.0566. The fourth-order valence-electron chi connectivity index (χ4n) is 2.25. The molecule has 0 radical (unpaired) electrons. The highest BCUT2D eigenvalue weighted by molar-refractivity contribution is 8.26. The van der Waals surface area contributed by atoms with Crippen LogP contribution in [0, 0.1) is 0 Å². The lowest BCUT2D eigenvalue weighted by Gasteiger charge is -2.12. The number of benzene rings is 1. The molecule has 1 aliphatic rings. The quantitative estimate of drug-likeness (QED) is 0.498. The van der Waals surface area contributed by atoms with Crippen LogP contribution in [0.3, 0.4) is 0 Å². The Morgan fingerprint density at radius 1 is 1.42 bits per heavy atom. The second-order valence-corrected chi connectivity index (χ2v) is 7.07. The van der Waals surface area contributed by atoms with Gasteiger partial charge in [0.2, 0.25) is 0 Å². The number of pyridine rings is 1. The summed E-state index contributed by atoms with van der Waals surface area (Å²) >= 11 is 12.5. The number of thioether (sulfide) groups is 1. The summed E-state index contributed by atoms with van der Waals surface area (Å²) in [5.41, 5.74) is 1.39. The van der Waals surface area contributed by atoms with Gasteiger partial charge in [0.25, 0.3) is 5.91 Å². The molecule has 0 bridgehead atoms. The van der Waals surface area contributed by atoms with Gasteiger partial charge in [0.1, 0.15) is 9.47 Å². The number of carbonyl (C=O) groups is 2. The molecule has 122 valence electrons. The highest BCUT2D eigenvalue weighted by Crippen LogP contribution is 2.34. The molecule has 0 saturated carbocycles. The molecular formula is C16H11ClN2O3S2. The van der Waals surface area contributed by atoms with Crippen molar-refractivity contribution in [1.29, 1.82) is 0 Å². The molecule has 1 fully saturated rings. The number of carbonyl (C=O) groups excluding carboxylic acids is 1. The maximum atomic E-state index is 12.4. The van der Waals surface area contributed by atoms with Crippen LogP contribution in [-0.4, -0.2) is 37.7 Å². The molecule has 1 N–H and O–H groups in total. The lowest BCUT2D eigenvalue weighted by molar-refractivity contribution is -0.137. The van der Waals surface area contributed by atoms with E-state index in [2.05, 4.69) is 4.98 Å². The molecule has 2 aromatic rings. The van der Waals surface area contributed by atoms with E-state index in [0.29, 0.717) is 19.9 Å². The molecule has 8 heteroatoms. The van der Waals surface area contributed by atoms with Crippen molar-refractivity contribution in [2.45, 2.75) is 6.42 Å². The van der Waals surface area contributed by atoms with Crippen molar-refractivity contribution in [3.63, 3.8) is 0 Å². The van der Waals surface area contributed by atoms with Crippen molar-refractivity contribution in [3.05, 3.63) is 46.0 Å². The molecule has 24 heavy (non-hydrogen) atoms. The van der Waals surface area contributed by atoms with Crippen molar-refractivity contribution >= 4 is 68.8 Å². The third-order valence-electron chi connectivity index (χ3n) is 3.41. The molecule has 0 aliphatic carbocycles. The van der Waals surface area contributed by atoms with E-state index in [-0.39, 0.29) is 18.9 Å². The van der Waals surface area contributed by atoms with Crippen molar-refractivity contribution < 1.29 is 14.7 Å². The average Bonchev–Trinajstić information content (AvgIpc) is 2.80. The van der Waals surface area contributed by atoms with Gasteiger partial charge in [0.05, 0.1) is 16.8 Å². The Morgan fingerprint density at radius 3 is 2.92 bits per heavy atom. The molecule has 1 aromatic carbocycles. The SMILES string of the molecule is O=C(O)CCN1C(=O)/C(=C/c2cc3ccccc3nc2Cl)SC1=S. The second-order valence-electron chi connectivity index (χ2n) is 5.04. The Kier molecular flexibility index (Phi) is 4.84. The lowest BCUT2D eigenvalue weighted by atomic mass is 10.1. The maximum Gasteiger partial charge on any atom is 0.305 e. The number of para-hydroxylation sites is 1. The monoisotopic (exact) mass is 378 g/mol. The number of carboxylic acids is 1. The number of fused-ring (bicyclic) bond motifs is 1. The normalized spacial score (nSPS) is 16.4. The molecule has 1 aromatic heterocycles. The molecule has 0 unspecified atom stereocenters. The maximum absolute atomic E-state index is 12.4. The zero-order valence-electron chi connectivity index (χ0n) is 12.2. The minimum atomic E-state index is -0.977. The van der Waals surface area contributed by atoms with Gasteiger partial charge in [-0.2, -0.15) is 0 Å². The van der Waals surface area contributed by atoms with Gasteiger partial charge in [-0.15, -0.1) is 0 Å². The van der Waals surface area contributed by atoms with E-state index >= 15 is 0 Å².